The molecule has 0 N–H and O–H groups in total. The van der Waals surface area contributed by atoms with Crippen molar-refractivity contribution < 1.29 is 4.42 Å². The van der Waals surface area contributed by atoms with Crippen molar-refractivity contribution in [1.29, 1.82) is 0 Å². The lowest BCUT2D eigenvalue weighted by Gasteiger charge is -2.12. The third-order valence-corrected chi connectivity index (χ3v) is 9.88. The molecule has 0 atom stereocenters. The molecule has 10 aromatic rings. The van der Waals surface area contributed by atoms with E-state index in [9.17, 15) is 0 Å². The van der Waals surface area contributed by atoms with E-state index in [2.05, 4.69) is 88.4 Å². The Morgan fingerprint density at radius 1 is 0.600 bits per heavy atom. The lowest BCUT2D eigenvalue weighted by atomic mass is 10.0. The van der Waals surface area contributed by atoms with Crippen LogP contribution in [0.15, 0.2) is 138 Å². The molecule has 5 nitrogen and oxygen atoms in total. The summed E-state index contributed by atoms with van der Waals surface area (Å²) in [6, 6.07) is 41.7. The third-order valence-electron chi connectivity index (χ3n) is 8.71. The summed E-state index contributed by atoms with van der Waals surface area (Å²) in [7, 11) is 0. The standard InChI is InChI=1S/C39H22N4OS/c1-3-11-23(12-4-1)28-21-29(24-13-5-2-6-14-24)42-39(41-28)43-30-22-40-20-19-25(30)33-34-27-16-8-10-18-32(27)45-38(34)37-35(36(33)43)26-15-7-9-17-31(26)44-37/h1-22H. The van der Waals surface area contributed by atoms with Crippen LogP contribution in [0, 0.1) is 0 Å². The molecule has 0 fully saturated rings. The third kappa shape index (κ3) is 3.51. The van der Waals surface area contributed by atoms with Gasteiger partial charge in [-0.15, -0.1) is 11.3 Å². The smallest absolute Gasteiger partial charge is 0.235 e. The Labute approximate surface area is 260 Å². The molecule has 0 bridgehead atoms. The zero-order valence-corrected chi connectivity index (χ0v) is 24.6. The van der Waals surface area contributed by atoms with Crippen LogP contribution in [0.3, 0.4) is 0 Å². The zero-order valence-electron chi connectivity index (χ0n) is 23.8. The number of hydrogen-bond donors (Lipinski definition) is 0. The second kappa shape index (κ2) is 9.32. The fraction of sp³-hybridized carbons (Fsp3) is 0. The maximum Gasteiger partial charge on any atom is 0.235 e. The number of benzene rings is 5. The summed E-state index contributed by atoms with van der Waals surface area (Å²) in [5.74, 6) is 0.591. The van der Waals surface area contributed by atoms with Crippen molar-refractivity contribution in [2.24, 2.45) is 0 Å². The molecule has 5 aromatic heterocycles. The lowest BCUT2D eigenvalue weighted by molar-refractivity contribution is 0.673. The minimum absolute atomic E-state index is 0.591. The highest BCUT2D eigenvalue weighted by Crippen LogP contribution is 2.50. The fourth-order valence-electron chi connectivity index (χ4n) is 6.78. The molecule has 0 aliphatic carbocycles. The molecule has 0 unspecified atom stereocenters. The Morgan fingerprint density at radius 3 is 2.02 bits per heavy atom. The highest BCUT2D eigenvalue weighted by atomic mass is 32.1. The zero-order chi connectivity index (χ0) is 29.5. The van der Waals surface area contributed by atoms with Gasteiger partial charge in [-0.25, -0.2) is 9.97 Å². The predicted octanol–water partition coefficient (Wildman–Crippen LogP) is 10.6. The molecule has 0 spiro atoms. The first-order valence-electron chi connectivity index (χ1n) is 14.9. The van der Waals surface area contributed by atoms with Gasteiger partial charge in [0, 0.05) is 49.0 Å². The first-order chi connectivity index (χ1) is 22.3. The van der Waals surface area contributed by atoms with E-state index in [0.717, 1.165) is 71.0 Å². The molecule has 210 valence electrons. The summed E-state index contributed by atoms with van der Waals surface area (Å²) in [5.41, 5.74) is 7.49. The molecule has 0 saturated carbocycles. The SMILES string of the molecule is c1ccc(-c2cc(-c3ccccc3)nc(-n3c4cnccc4c4c5c6ccccc6sc5c5oc6ccccc6c5c43)n2)cc1. The molecule has 0 radical (unpaired) electrons. The topological polar surface area (TPSA) is 56.7 Å². The van der Waals surface area contributed by atoms with Gasteiger partial charge >= 0.3 is 0 Å². The van der Waals surface area contributed by atoms with Crippen LogP contribution < -0.4 is 0 Å². The van der Waals surface area contributed by atoms with Crippen LogP contribution >= 0.6 is 11.3 Å². The van der Waals surface area contributed by atoms with Crippen LogP contribution in [-0.2, 0) is 0 Å². The van der Waals surface area contributed by atoms with Gasteiger partial charge in [-0.3, -0.25) is 9.55 Å². The van der Waals surface area contributed by atoms with Gasteiger partial charge in [0.05, 0.1) is 38.7 Å². The van der Waals surface area contributed by atoms with Gasteiger partial charge in [0.25, 0.3) is 0 Å². The number of furan rings is 1. The number of pyridine rings is 1. The maximum absolute atomic E-state index is 6.72. The van der Waals surface area contributed by atoms with Gasteiger partial charge in [-0.1, -0.05) is 97.1 Å². The number of fused-ring (bicyclic) bond motifs is 12. The number of aromatic nitrogens is 4. The summed E-state index contributed by atoms with van der Waals surface area (Å²) in [5, 5.41) is 6.80. The van der Waals surface area contributed by atoms with Crippen LogP contribution in [0.1, 0.15) is 0 Å². The molecule has 6 heteroatoms. The first-order valence-corrected chi connectivity index (χ1v) is 15.7. The average Bonchev–Trinajstić information content (AvgIpc) is 3.79. The summed E-state index contributed by atoms with van der Waals surface area (Å²) in [6.45, 7) is 0. The van der Waals surface area contributed by atoms with E-state index in [-0.39, 0.29) is 0 Å². The summed E-state index contributed by atoms with van der Waals surface area (Å²) < 4.78 is 11.3. The quantitative estimate of drug-likeness (QED) is 0.204. The molecular weight excluding hydrogens is 573 g/mol. The van der Waals surface area contributed by atoms with Crippen LogP contribution in [0.4, 0.5) is 0 Å². The largest absolute Gasteiger partial charge is 0.454 e. The Bertz CT molecular complexity index is 2700. The lowest BCUT2D eigenvalue weighted by Crippen LogP contribution is -2.04. The summed E-state index contributed by atoms with van der Waals surface area (Å²) >= 11 is 1.78. The van der Waals surface area contributed by atoms with Crippen molar-refractivity contribution in [2.75, 3.05) is 0 Å². The Morgan fingerprint density at radius 2 is 1.27 bits per heavy atom. The van der Waals surface area contributed by atoms with E-state index in [1.165, 1.54) is 15.5 Å². The van der Waals surface area contributed by atoms with Gasteiger partial charge in [0.15, 0.2) is 5.58 Å². The molecule has 5 heterocycles. The van der Waals surface area contributed by atoms with Crippen LogP contribution in [0.5, 0.6) is 0 Å². The highest BCUT2D eigenvalue weighted by molar-refractivity contribution is 7.27. The molecular formula is C39H22N4OS. The molecule has 5 aromatic carbocycles. The van der Waals surface area contributed by atoms with Crippen molar-refractivity contribution >= 4 is 75.3 Å². The fourth-order valence-corrected chi connectivity index (χ4v) is 7.97. The van der Waals surface area contributed by atoms with Gasteiger partial charge < -0.3 is 4.42 Å². The molecule has 10 rings (SSSR count). The molecule has 0 aliphatic rings. The van der Waals surface area contributed by atoms with Crippen molar-refractivity contribution in [1.82, 2.24) is 19.5 Å². The maximum atomic E-state index is 6.72. The summed E-state index contributed by atoms with van der Waals surface area (Å²) in [4.78, 5) is 15.2. The van der Waals surface area contributed by atoms with Gasteiger partial charge in [0.1, 0.15) is 5.58 Å². The monoisotopic (exact) mass is 594 g/mol. The number of rotatable bonds is 3. The average molecular weight is 595 g/mol. The van der Waals surface area contributed by atoms with Crippen molar-refractivity contribution in [3.8, 4) is 28.5 Å². The molecule has 0 aliphatic heterocycles. The number of para-hydroxylation sites is 1. The first kappa shape index (κ1) is 24.6. The van der Waals surface area contributed by atoms with E-state index in [1.54, 1.807) is 11.3 Å². The number of thiophene rings is 1. The Kier molecular flexibility index (Phi) is 5.09. The van der Waals surface area contributed by atoms with Gasteiger partial charge in [0.2, 0.25) is 5.95 Å². The van der Waals surface area contributed by atoms with E-state index in [1.807, 2.05) is 54.9 Å². The highest BCUT2D eigenvalue weighted by Gasteiger charge is 2.26. The summed E-state index contributed by atoms with van der Waals surface area (Å²) in [6.07, 6.45) is 3.81. The molecule has 0 saturated heterocycles. The van der Waals surface area contributed by atoms with E-state index in [4.69, 9.17) is 14.4 Å². The minimum atomic E-state index is 0.591. The number of nitrogens with zero attached hydrogens (tertiary/aromatic N) is 4. The minimum Gasteiger partial charge on any atom is -0.454 e. The number of hydrogen-bond acceptors (Lipinski definition) is 5. The van der Waals surface area contributed by atoms with Crippen molar-refractivity contribution in [3.63, 3.8) is 0 Å². The van der Waals surface area contributed by atoms with Crippen LogP contribution in [0.25, 0.3) is 92.4 Å². The van der Waals surface area contributed by atoms with E-state index in [0.29, 0.717) is 5.95 Å². The second-order valence-corrected chi connectivity index (χ2v) is 12.3. The Hall–Kier alpha value is -5.85. The predicted molar refractivity (Wildman–Crippen MR) is 185 cm³/mol. The van der Waals surface area contributed by atoms with Crippen molar-refractivity contribution in [3.05, 3.63) is 134 Å². The van der Waals surface area contributed by atoms with Gasteiger partial charge in [-0.2, -0.15) is 0 Å². The Balaban J connectivity index is 1.46. The second-order valence-electron chi connectivity index (χ2n) is 11.2. The molecule has 45 heavy (non-hydrogen) atoms. The van der Waals surface area contributed by atoms with Crippen molar-refractivity contribution in [2.45, 2.75) is 0 Å². The molecule has 0 amide bonds. The van der Waals surface area contributed by atoms with Gasteiger partial charge in [-0.05, 0) is 24.3 Å². The van der Waals surface area contributed by atoms with Crippen LogP contribution in [0.2, 0.25) is 0 Å². The van der Waals surface area contributed by atoms with Crippen LogP contribution in [-0.4, -0.2) is 19.5 Å². The normalized spacial score (nSPS) is 12.0. The van der Waals surface area contributed by atoms with E-state index < -0.39 is 0 Å². The van der Waals surface area contributed by atoms with E-state index >= 15 is 0 Å².